The molecule has 3 heterocycles. The molecular formula is C27H22FN3O3S. The average Bonchev–Trinajstić information content (AvgIpc) is 3.37. The fourth-order valence-corrected chi connectivity index (χ4v) is 5.16. The van der Waals surface area contributed by atoms with Crippen LogP contribution in [-0.4, -0.2) is 26.8 Å². The molecule has 2 aromatic heterocycles. The van der Waals surface area contributed by atoms with E-state index in [1.54, 1.807) is 24.5 Å². The van der Waals surface area contributed by atoms with Gasteiger partial charge in [0.25, 0.3) is 5.78 Å². The largest absolute Gasteiger partial charge is 0.507 e. The summed E-state index contributed by atoms with van der Waals surface area (Å²) in [5.74, 6) is -2.49. The van der Waals surface area contributed by atoms with Crippen LogP contribution in [0.1, 0.15) is 43.5 Å². The van der Waals surface area contributed by atoms with Crippen molar-refractivity contribution in [3.63, 3.8) is 0 Å². The van der Waals surface area contributed by atoms with E-state index >= 15 is 0 Å². The predicted molar refractivity (Wildman–Crippen MR) is 134 cm³/mol. The van der Waals surface area contributed by atoms with Gasteiger partial charge in [-0.3, -0.25) is 19.5 Å². The van der Waals surface area contributed by atoms with Gasteiger partial charge in [0.2, 0.25) is 0 Å². The van der Waals surface area contributed by atoms with Gasteiger partial charge in [-0.2, -0.15) is 0 Å². The van der Waals surface area contributed by atoms with Gasteiger partial charge in [0.05, 0.1) is 21.8 Å². The van der Waals surface area contributed by atoms with E-state index in [-0.39, 0.29) is 22.3 Å². The highest BCUT2D eigenvalue weighted by molar-refractivity contribution is 7.22. The number of hydrogen-bond donors (Lipinski definition) is 1. The van der Waals surface area contributed by atoms with Crippen molar-refractivity contribution in [1.29, 1.82) is 0 Å². The first-order chi connectivity index (χ1) is 16.6. The number of ketones is 1. The number of halogens is 1. The number of fused-ring (bicyclic) bond motifs is 1. The van der Waals surface area contributed by atoms with Crippen molar-refractivity contribution in [2.75, 3.05) is 4.90 Å². The van der Waals surface area contributed by atoms with E-state index in [0.29, 0.717) is 16.2 Å². The maximum atomic E-state index is 13.5. The third-order valence-electron chi connectivity index (χ3n) is 6.01. The lowest BCUT2D eigenvalue weighted by Crippen LogP contribution is -2.29. The Balaban J connectivity index is 1.69. The Morgan fingerprint density at radius 1 is 1.09 bits per heavy atom. The lowest BCUT2D eigenvalue weighted by Gasteiger charge is -2.22. The maximum Gasteiger partial charge on any atom is 0.301 e. The second-order valence-electron chi connectivity index (χ2n) is 9.39. The molecule has 4 aromatic rings. The molecule has 6 nitrogen and oxygen atoms in total. The first-order valence-corrected chi connectivity index (χ1v) is 11.8. The molecular weight excluding hydrogens is 465 g/mol. The number of hydrogen-bond acceptors (Lipinski definition) is 6. The number of rotatable bonds is 3. The molecule has 0 spiro atoms. The molecule has 0 aliphatic carbocycles. The number of carbonyl (C=O) groups excluding carboxylic acids is 2. The quantitative estimate of drug-likeness (QED) is 0.226. The van der Waals surface area contributed by atoms with E-state index in [1.807, 2.05) is 18.2 Å². The summed E-state index contributed by atoms with van der Waals surface area (Å²) in [7, 11) is 0. The fraction of sp³-hybridized carbons (Fsp3) is 0.185. The Morgan fingerprint density at radius 3 is 2.49 bits per heavy atom. The molecule has 0 radical (unpaired) electrons. The van der Waals surface area contributed by atoms with Crippen LogP contribution in [0.5, 0.6) is 0 Å². The number of Topliss-reactive ketones (excluding diaryl/α,β-unsaturated/α-hetero) is 1. The van der Waals surface area contributed by atoms with Gasteiger partial charge in [0, 0.05) is 18.0 Å². The zero-order valence-corrected chi connectivity index (χ0v) is 20.1. The first kappa shape index (κ1) is 22.9. The van der Waals surface area contributed by atoms with Crippen molar-refractivity contribution < 1.29 is 19.1 Å². The Morgan fingerprint density at radius 2 is 1.83 bits per heavy atom. The van der Waals surface area contributed by atoms with Crippen LogP contribution in [0.3, 0.4) is 0 Å². The fourth-order valence-electron chi connectivity index (χ4n) is 4.13. The number of thiazole rings is 1. The van der Waals surface area contributed by atoms with Crippen LogP contribution in [0.2, 0.25) is 0 Å². The van der Waals surface area contributed by atoms with Crippen molar-refractivity contribution in [2.45, 2.75) is 32.2 Å². The maximum absolute atomic E-state index is 13.5. The van der Waals surface area contributed by atoms with Crippen molar-refractivity contribution >= 4 is 44.1 Å². The first-order valence-electron chi connectivity index (χ1n) is 11.0. The van der Waals surface area contributed by atoms with Crippen molar-refractivity contribution in [2.24, 2.45) is 0 Å². The minimum atomic E-state index is -0.934. The number of amides is 1. The summed E-state index contributed by atoms with van der Waals surface area (Å²) in [6.07, 6.45) is 3.13. The number of aromatic nitrogens is 2. The zero-order valence-electron chi connectivity index (χ0n) is 19.3. The van der Waals surface area contributed by atoms with Crippen molar-refractivity contribution in [3.8, 4) is 0 Å². The molecule has 1 saturated heterocycles. The molecule has 35 heavy (non-hydrogen) atoms. The molecule has 0 saturated carbocycles. The number of nitrogens with zero attached hydrogens (tertiary/aromatic N) is 3. The van der Waals surface area contributed by atoms with Crippen LogP contribution in [0, 0.1) is 5.82 Å². The number of aliphatic hydroxyl groups excluding tert-OH is 1. The molecule has 1 N–H and O–H groups in total. The highest BCUT2D eigenvalue weighted by atomic mass is 32.1. The smallest absolute Gasteiger partial charge is 0.301 e. The van der Waals surface area contributed by atoms with Crippen molar-refractivity contribution in [1.82, 2.24) is 9.97 Å². The third-order valence-corrected chi connectivity index (χ3v) is 7.03. The van der Waals surface area contributed by atoms with Gasteiger partial charge >= 0.3 is 5.91 Å². The normalized spacial score (nSPS) is 17.9. The van der Waals surface area contributed by atoms with Gasteiger partial charge in [0.1, 0.15) is 11.6 Å². The molecule has 1 aliphatic rings. The summed E-state index contributed by atoms with van der Waals surface area (Å²) >= 11 is 1.31. The molecule has 1 atom stereocenters. The van der Waals surface area contributed by atoms with Crippen LogP contribution >= 0.6 is 11.3 Å². The zero-order chi connectivity index (χ0) is 24.9. The van der Waals surface area contributed by atoms with Gasteiger partial charge in [-0.15, -0.1) is 0 Å². The minimum absolute atomic E-state index is 0.0626. The Bertz CT molecular complexity index is 1490. The average molecular weight is 488 g/mol. The molecule has 1 aliphatic heterocycles. The molecule has 1 unspecified atom stereocenters. The minimum Gasteiger partial charge on any atom is -0.507 e. The van der Waals surface area contributed by atoms with E-state index < -0.39 is 23.5 Å². The monoisotopic (exact) mass is 487 g/mol. The van der Waals surface area contributed by atoms with Crippen molar-refractivity contribution in [3.05, 3.63) is 95.1 Å². The summed E-state index contributed by atoms with van der Waals surface area (Å²) in [4.78, 5) is 36.7. The highest BCUT2D eigenvalue weighted by Crippen LogP contribution is 2.44. The van der Waals surface area contributed by atoms with E-state index in [9.17, 15) is 19.1 Å². The SMILES string of the molecule is CC(C)(C)c1ccc2nc(N3C(=O)C(=O)/C(=C(/O)c4ccc(F)cc4)C3c3cccnc3)sc2c1. The van der Waals surface area contributed by atoms with E-state index in [0.717, 1.165) is 10.3 Å². The molecule has 8 heteroatoms. The molecule has 1 amide bonds. The summed E-state index contributed by atoms with van der Waals surface area (Å²) in [6.45, 7) is 6.35. The molecule has 176 valence electrons. The van der Waals surface area contributed by atoms with Gasteiger partial charge in [0.15, 0.2) is 5.13 Å². The summed E-state index contributed by atoms with van der Waals surface area (Å²) < 4.78 is 14.3. The molecule has 2 aromatic carbocycles. The lowest BCUT2D eigenvalue weighted by molar-refractivity contribution is -0.132. The number of carbonyl (C=O) groups is 2. The van der Waals surface area contributed by atoms with E-state index in [1.165, 1.54) is 40.5 Å². The Labute approximate surface area is 205 Å². The predicted octanol–water partition coefficient (Wildman–Crippen LogP) is 5.75. The number of anilines is 1. The van der Waals surface area contributed by atoms with Crippen LogP contribution in [0.4, 0.5) is 9.52 Å². The van der Waals surface area contributed by atoms with Gasteiger partial charge in [-0.1, -0.05) is 44.2 Å². The number of aliphatic hydroxyl groups is 1. The second-order valence-corrected chi connectivity index (χ2v) is 10.4. The summed E-state index contributed by atoms with van der Waals surface area (Å²) in [5.41, 5.74) is 2.46. The number of pyridine rings is 1. The van der Waals surface area contributed by atoms with Gasteiger partial charge in [-0.25, -0.2) is 9.37 Å². The summed E-state index contributed by atoms with van der Waals surface area (Å²) in [6, 6.07) is 13.6. The van der Waals surface area contributed by atoms with Crippen LogP contribution in [0.15, 0.2) is 72.6 Å². The lowest BCUT2D eigenvalue weighted by atomic mass is 9.87. The van der Waals surface area contributed by atoms with Crippen LogP contribution in [0.25, 0.3) is 16.0 Å². The Hall–Kier alpha value is -3.91. The van der Waals surface area contributed by atoms with Crippen LogP contribution < -0.4 is 4.90 Å². The van der Waals surface area contributed by atoms with Crippen LogP contribution in [-0.2, 0) is 15.0 Å². The molecule has 0 bridgehead atoms. The van der Waals surface area contributed by atoms with Gasteiger partial charge in [-0.05, 0) is 59.0 Å². The second kappa shape index (κ2) is 8.39. The highest BCUT2D eigenvalue weighted by Gasteiger charge is 2.48. The topological polar surface area (TPSA) is 83.4 Å². The summed E-state index contributed by atoms with van der Waals surface area (Å²) in [5, 5.41) is 11.4. The van der Waals surface area contributed by atoms with E-state index in [4.69, 9.17) is 0 Å². The number of benzene rings is 2. The third kappa shape index (κ3) is 4.00. The standard InChI is InChI=1S/C27H22FN3O3S/c1-27(2,3)17-8-11-19-20(13-17)35-26(30-19)31-22(16-5-4-12-29-14-16)21(24(33)25(31)34)23(32)15-6-9-18(28)10-7-15/h4-14,22,32H,1-3H3/b23-21+. The Kier molecular flexibility index (Phi) is 5.48. The molecule has 1 fully saturated rings. The van der Waals surface area contributed by atoms with Gasteiger partial charge < -0.3 is 5.11 Å². The molecule has 5 rings (SSSR count). The van der Waals surface area contributed by atoms with E-state index in [2.05, 4.69) is 30.7 Å².